The number of hydrogen-bond donors (Lipinski definition) is 2. The third-order valence-electron chi connectivity index (χ3n) is 3.81. The van der Waals surface area contributed by atoms with Crippen LogP contribution < -0.4 is 5.32 Å². The Labute approximate surface area is 128 Å². The van der Waals surface area contributed by atoms with Crippen LogP contribution in [-0.2, 0) is 0 Å². The second-order valence-corrected chi connectivity index (χ2v) is 6.80. The third kappa shape index (κ3) is 3.23. The lowest BCUT2D eigenvalue weighted by Gasteiger charge is -2.20. The number of nitrogens with one attached hydrogen (secondary N) is 2. The van der Waals surface area contributed by atoms with Gasteiger partial charge in [0.15, 0.2) is 5.69 Å². The molecule has 5 nitrogen and oxygen atoms in total. The molecule has 1 aromatic heterocycles. The second kappa shape index (κ2) is 6.26. The highest BCUT2D eigenvalue weighted by Gasteiger charge is 2.27. The quantitative estimate of drug-likeness (QED) is 0.883. The molecule has 20 heavy (non-hydrogen) atoms. The topological polar surface area (TPSA) is 61.0 Å². The van der Waals surface area contributed by atoms with Crippen LogP contribution >= 0.6 is 15.9 Å². The van der Waals surface area contributed by atoms with E-state index < -0.39 is 0 Å². The third-order valence-corrected chi connectivity index (χ3v) is 4.61. The van der Waals surface area contributed by atoms with Gasteiger partial charge in [-0.05, 0) is 42.1 Å². The molecule has 1 aliphatic rings. The summed E-state index contributed by atoms with van der Waals surface area (Å²) in [6.07, 6.45) is 1.00. The van der Waals surface area contributed by atoms with E-state index >= 15 is 0 Å². The van der Waals surface area contributed by atoms with Gasteiger partial charge in [0.05, 0.1) is 10.2 Å². The fourth-order valence-corrected chi connectivity index (χ4v) is 3.32. The van der Waals surface area contributed by atoms with Crippen molar-refractivity contribution >= 4 is 21.8 Å². The van der Waals surface area contributed by atoms with E-state index in [1.165, 1.54) is 0 Å². The smallest absolute Gasteiger partial charge is 0.273 e. The minimum atomic E-state index is -0.101. The molecule has 2 rings (SSSR count). The molecule has 0 saturated carbocycles. The highest BCUT2D eigenvalue weighted by molar-refractivity contribution is 9.10. The molecule has 1 unspecified atom stereocenters. The molecule has 0 aromatic carbocycles. The zero-order valence-corrected chi connectivity index (χ0v) is 14.1. The zero-order chi connectivity index (χ0) is 14.9. The van der Waals surface area contributed by atoms with Crippen LogP contribution in [0.15, 0.2) is 4.47 Å². The minimum Gasteiger partial charge on any atom is -0.347 e. The summed E-state index contributed by atoms with van der Waals surface area (Å²) in [6, 6.07) is 0.748. The summed E-state index contributed by atoms with van der Waals surface area (Å²) in [5, 5.41) is 10.2. The van der Waals surface area contributed by atoms with Gasteiger partial charge in [0.25, 0.3) is 5.91 Å². The summed E-state index contributed by atoms with van der Waals surface area (Å²) >= 11 is 3.47. The van der Waals surface area contributed by atoms with Crippen LogP contribution in [0, 0.1) is 0 Å². The van der Waals surface area contributed by atoms with Gasteiger partial charge in [-0.15, -0.1) is 0 Å². The summed E-state index contributed by atoms with van der Waals surface area (Å²) in [7, 11) is 0. The van der Waals surface area contributed by atoms with Crippen molar-refractivity contribution in [2.24, 2.45) is 0 Å². The van der Waals surface area contributed by atoms with E-state index in [4.69, 9.17) is 0 Å². The van der Waals surface area contributed by atoms with Gasteiger partial charge in [0.2, 0.25) is 0 Å². The molecule has 6 heteroatoms. The Morgan fingerprint density at radius 3 is 2.65 bits per heavy atom. The lowest BCUT2D eigenvalue weighted by atomic mass is 10.1. The maximum absolute atomic E-state index is 12.3. The fraction of sp³-hybridized carbons (Fsp3) is 0.714. The number of nitrogens with zero attached hydrogens (tertiary/aromatic N) is 2. The van der Waals surface area contributed by atoms with Gasteiger partial charge in [-0.1, -0.05) is 13.8 Å². The molecule has 1 aliphatic heterocycles. The fourth-order valence-electron chi connectivity index (χ4n) is 2.50. The number of amides is 1. The Morgan fingerprint density at radius 1 is 1.45 bits per heavy atom. The van der Waals surface area contributed by atoms with Crippen LogP contribution in [0.5, 0.6) is 0 Å². The Morgan fingerprint density at radius 2 is 2.15 bits per heavy atom. The zero-order valence-electron chi connectivity index (χ0n) is 12.5. The first-order chi connectivity index (χ1) is 9.40. The maximum atomic E-state index is 12.3. The van der Waals surface area contributed by atoms with Crippen LogP contribution in [0.4, 0.5) is 0 Å². The second-order valence-electron chi connectivity index (χ2n) is 6.00. The van der Waals surface area contributed by atoms with Crippen molar-refractivity contribution in [1.29, 1.82) is 0 Å². The Kier molecular flexibility index (Phi) is 4.86. The molecule has 1 atom stereocenters. The van der Waals surface area contributed by atoms with Gasteiger partial charge in [0, 0.05) is 25.2 Å². The Hall–Kier alpha value is -0.880. The van der Waals surface area contributed by atoms with E-state index in [0.717, 1.165) is 29.7 Å². The molecule has 2 N–H and O–H groups in total. The van der Waals surface area contributed by atoms with Crippen molar-refractivity contribution in [3.8, 4) is 0 Å². The predicted octanol–water partition coefficient (Wildman–Crippen LogP) is 2.51. The average Bonchev–Trinajstić information content (AvgIpc) is 2.95. The normalized spacial score (nSPS) is 20.1. The number of halogens is 1. The first kappa shape index (κ1) is 15.5. The summed E-state index contributed by atoms with van der Waals surface area (Å²) in [6.45, 7) is 10.5. The van der Waals surface area contributed by atoms with Crippen molar-refractivity contribution < 1.29 is 4.79 Å². The average molecular weight is 343 g/mol. The van der Waals surface area contributed by atoms with Crippen LogP contribution in [0.2, 0.25) is 0 Å². The number of likely N-dealkylation sites (tertiary alicyclic amines) is 1. The van der Waals surface area contributed by atoms with Gasteiger partial charge < -0.3 is 5.32 Å². The molecule has 0 spiro atoms. The van der Waals surface area contributed by atoms with Crippen LogP contribution in [-0.4, -0.2) is 46.2 Å². The molecule has 112 valence electrons. The van der Waals surface area contributed by atoms with Crippen molar-refractivity contribution in [3.63, 3.8) is 0 Å². The molecule has 1 saturated heterocycles. The lowest BCUT2D eigenvalue weighted by Crippen LogP contribution is -2.38. The Bertz CT molecular complexity index is 484. The van der Waals surface area contributed by atoms with E-state index in [0.29, 0.717) is 17.7 Å². The van der Waals surface area contributed by atoms with E-state index in [1.807, 2.05) is 0 Å². The van der Waals surface area contributed by atoms with Crippen molar-refractivity contribution in [2.75, 3.05) is 13.1 Å². The van der Waals surface area contributed by atoms with Crippen LogP contribution in [0.1, 0.15) is 56.2 Å². The molecule has 1 fully saturated rings. The lowest BCUT2D eigenvalue weighted by molar-refractivity contribution is 0.0931. The molecule has 1 aromatic rings. The summed E-state index contributed by atoms with van der Waals surface area (Å²) < 4.78 is 0.781. The molecular formula is C14H23BrN4O. The SMILES string of the molecule is CC(C)c1[nH]nc(C(=O)NC2CCN(C(C)C)C2)c1Br. The summed E-state index contributed by atoms with van der Waals surface area (Å²) in [5.41, 5.74) is 1.42. The number of carbonyl (C=O) groups is 1. The number of aromatic amines is 1. The van der Waals surface area contributed by atoms with Gasteiger partial charge in [-0.2, -0.15) is 5.10 Å². The number of carbonyl (C=O) groups excluding carboxylic acids is 1. The highest BCUT2D eigenvalue weighted by atomic mass is 79.9. The number of H-pyrrole nitrogens is 1. The van der Waals surface area contributed by atoms with Gasteiger partial charge >= 0.3 is 0 Å². The summed E-state index contributed by atoms with van der Waals surface area (Å²) in [4.78, 5) is 14.7. The number of hydrogen-bond acceptors (Lipinski definition) is 3. The minimum absolute atomic E-state index is 0.101. The Balaban J connectivity index is 1.99. The summed E-state index contributed by atoms with van der Waals surface area (Å²) in [5.74, 6) is 0.206. The molecule has 2 heterocycles. The maximum Gasteiger partial charge on any atom is 0.273 e. The number of rotatable bonds is 4. The van der Waals surface area contributed by atoms with Crippen molar-refractivity contribution in [1.82, 2.24) is 20.4 Å². The van der Waals surface area contributed by atoms with Crippen molar-refractivity contribution in [2.45, 2.75) is 52.1 Å². The van der Waals surface area contributed by atoms with E-state index in [2.05, 4.69) is 64.0 Å². The largest absolute Gasteiger partial charge is 0.347 e. The van der Waals surface area contributed by atoms with E-state index in [1.54, 1.807) is 0 Å². The monoisotopic (exact) mass is 342 g/mol. The highest BCUT2D eigenvalue weighted by Crippen LogP contribution is 2.25. The molecular weight excluding hydrogens is 320 g/mol. The standard InChI is InChI=1S/C14H23BrN4O/c1-8(2)12-11(15)13(18-17-12)14(20)16-10-5-6-19(7-10)9(3)4/h8-10H,5-7H2,1-4H3,(H,16,20)(H,17,18). The van der Waals surface area contributed by atoms with Crippen LogP contribution in [0.3, 0.4) is 0 Å². The number of aromatic nitrogens is 2. The molecule has 0 aliphatic carbocycles. The predicted molar refractivity (Wildman–Crippen MR) is 83.0 cm³/mol. The van der Waals surface area contributed by atoms with Crippen molar-refractivity contribution in [3.05, 3.63) is 15.9 Å². The van der Waals surface area contributed by atoms with Gasteiger partial charge in [-0.25, -0.2) is 0 Å². The van der Waals surface area contributed by atoms with E-state index in [9.17, 15) is 4.79 Å². The van der Waals surface area contributed by atoms with Gasteiger partial charge in [-0.3, -0.25) is 14.8 Å². The molecule has 1 amide bonds. The molecule has 0 bridgehead atoms. The van der Waals surface area contributed by atoms with Crippen LogP contribution in [0.25, 0.3) is 0 Å². The van der Waals surface area contributed by atoms with E-state index in [-0.39, 0.29) is 11.9 Å². The first-order valence-corrected chi connectivity index (χ1v) is 7.98. The first-order valence-electron chi connectivity index (χ1n) is 7.18. The van der Waals surface area contributed by atoms with Gasteiger partial charge in [0.1, 0.15) is 0 Å². The molecule has 0 radical (unpaired) electrons.